The zero-order chi connectivity index (χ0) is 10.8. The van der Waals surface area contributed by atoms with Crippen LogP contribution in [0, 0.1) is 9.49 Å². The van der Waals surface area contributed by atoms with E-state index in [2.05, 4.69) is 27.6 Å². The molecule has 4 nitrogen and oxygen atoms in total. The van der Waals surface area contributed by atoms with Crippen LogP contribution in [0.1, 0.15) is 12.8 Å². The Balaban J connectivity index is 2.22. The Morgan fingerprint density at radius 3 is 2.93 bits per heavy atom. The molecule has 1 aliphatic carbocycles. The molecule has 0 radical (unpaired) electrons. The average molecular weight is 318 g/mol. The maximum Gasteiger partial charge on any atom is 0.411 e. The van der Waals surface area contributed by atoms with Gasteiger partial charge in [-0.25, -0.2) is 4.79 Å². The van der Waals surface area contributed by atoms with Crippen LogP contribution in [-0.2, 0) is 0 Å². The van der Waals surface area contributed by atoms with E-state index in [4.69, 9.17) is 5.11 Å². The van der Waals surface area contributed by atoms with Gasteiger partial charge in [0.1, 0.15) is 0 Å². The number of hydrogen-bond acceptors (Lipinski definition) is 2. The molecule has 0 aromatic carbocycles. The third kappa shape index (κ3) is 2.58. The van der Waals surface area contributed by atoms with Gasteiger partial charge in [0, 0.05) is 16.3 Å². The lowest BCUT2D eigenvalue weighted by molar-refractivity contribution is 0.201. The van der Waals surface area contributed by atoms with Crippen LogP contribution in [-0.4, -0.2) is 22.7 Å². The molecular weight excluding hydrogens is 307 g/mol. The molecule has 1 fully saturated rings. The predicted molar refractivity (Wildman–Crippen MR) is 65.0 cm³/mol. The highest BCUT2D eigenvalue weighted by molar-refractivity contribution is 14.1. The third-order valence-electron chi connectivity index (χ3n) is 2.41. The van der Waals surface area contributed by atoms with E-state index in [0.717, 1.165) is 16.4 Å². The number of pyridine rings is 1. The van der Waals surface area contributed by atoms with Crippen LogP contribution in [0.3, 0.4) is 0 Å². The molecule has 1 aromatic heterocycles. The van der Waals surface area contributed by atoms with Gasteiger partial charge < -0.3 is 5.11 Å². The van der Waals surface area contributed by atoms with E-state index in [-0.39, 0.29) is 0 Å². The third-order valence-corrected chi connectivity index (χ3v) is 3.32. The van der Waals surface area contributed by atoms with Gasteiger partial charge in [0.15, 0.2) is 0 Å². The van der Waals surface area contributed by atoms with Crippen LogP contribution in [0.5, 0.6) is 0 Å². The topological polar surface area (TPSA) is 53.4 Å². The smallest absolute Gasteiger partial charge is 0.411 e. The minimum Gasteiger partial charge on any atom is -0.465 e. The number of halogens is 1. The second kappa shape index (κ2) is 4.34. The number of nitrogens with zero attached hydrogens (tertiary/aromatic N) is 2. The maximum absolute atomic E-state index is 11.1. The molecule has 1 N–H and O–H groups in total. The number of amides is 1. The lowest BCUT2D eigenvalue weighted by Gasteiger charge is -2.19. The Labute approximate surface area is 101 Å². The normalized spacial score (nSPS) is 15.0. The monoisotopic (exact) mass is 318 g/mol. The summed E-state index contributed by atoms with van der Waals surface area (Å²) >= 11 is 2.13. The number of carbonyl (C=O) groups is 1. The molecule has 15 heavy (non-hydrogen) atoms. The number of carboxylic acid groups (broad SMARTS) is 1. The number of aromatic nitrogens is 1. The first-order valence-electron chi connectivity index (χ1n) is 4.78. The molecule has 2 rings (SSSR count). The van der Waals surface area contributed by atoms with Gasteiger partial charge in [0.05, 0.1) is 11.9 Å². The first kappa shape index (κ1) is 10.7. The second-order valence-corrected chi connectivity index (χ2v) is 4.83. The van der Waals surface area contributed by atoms with Crippen LogP contribution in [0.15, 0.2) is 18.5 Å². The molecule has 5 heteroatoms. The Morgan fingerprint density at radius 1 is 1.67 bits per heavy atom. The number of anilines is 1. The van der Waals surface area contributed by atoms with E-state index in [0.29, 0.717) is 18.2 Å². The average Bonchev–Trinajstić information content (AvgIpc) is 2.99. The van der Waals surface area contributed by atoms with E-state index in [1.165, 1.54) is 4.90 Å². The minimum absolute atomic E-state index is 0.539. The fourth-order valence-corrected chi connectivity index (χ4v) is 2.00. The molecule has 0 bridgehead atoms. The SMILES string of the molecule is O=C(O)N(CC1CC1)c1cnccc1I. The maximum atomic E-state index is 11.1. The Kier molecular flexibility index (Phi) is 3.08. The van der Waals surface area contributed by atoms with E-state index in [1.807, 2.05) is 6.07 Å². The summed E-state index contributed by atoms with van der Waals surface area (Å²) in [7, 11) is 0. The minimum atomic E-state index is -0.896. The summed E-state index contributed by atoms with van der Waals surface area (Å²) in [6, 6.07) is 1.82. The van der Waals surface area contributed by atoms with Crippen LogP contribution in [0.2, 0.25) is 0 Å². The molecule has 1 aromatic rings. The highest BCUT2D eigenvalue weighted by Gasteiger charge is 2.28. The van der Waals surface area contributed by atoms with Gasteiger partial charge in [-0.1, -0.05) is 0 Å². The van der Waals surface area contributed by atoms with Crippen molar-refractivity contribution in [3.8, 4) is 0 Å². The highest BCUT2D eigenvalue weighted by atomic mass is 127. The standard InChI is InChI=1S/C10H11IN2O2/c11-8-3-4-12-5-9(8)13(10(14)15)6-7-1-2-7/h3-5,7H,1-2,6H2,(H,14,15). The molecule has 0 aliphatic heterocycles. The lowest BCUT2D eigenvalue weighted by atomic mass is 10.3. The first-order valence-corrected chi connectivity index (χ1v) is 5.86. The fourth-order valence-electron chi connectivity index (χ4n) is 1.41. The van der Waals surface area contributed by atoms with Crippen molar-refractivity contribution in [2.45, 2.75) is 12.8 Å². The van der Waals surface area contributed by atoms with E-state index in [9.17, 15) is 4.79 Å². The van der Waals surface area contributed by atoms with Gasteiger partial charge in [-0.2, -0.15) is 0 Å². The summed E-state index contributed by atoms with van der Waals surface area (Å²) in [6.07, 6.45) is 4.66. The van der Waals surface area contributed by atoms with E-state index < -0.39 is 6.09 Å². The summed E-state index contributed by atoms with van der Waals surface area (Å²) in [6.45, 7) is 0.594. The van der Waals surface area contributed by atoms with Crippen molar-refractivity contribution < 1.29 is 9.90 Å². The number of hydrogen-bond donors (Lipinski definition) is 1. The van der Waals surface area contributed by atoms with Gasteiger partial charge >= 0.3 is 6.09 Å². The summed E-state index contributed by atoms with van der Waals surface area (Å²) in [5.41, 5.74) is 0.692. The van der Waals surface area contributed by atoms with Gasteiger partial charge in [0.25, 0.3) is 0 Å². The molecule has 0 atom stereocenters. The first-order chi connectivity index (χ1) is 7.18. The van der Waals surface area contributed by atoms with Crippen molar-refractivity contribution in [2.75, 3.05) is 11.4 Å². The van der Waals surface area contributed by atoms with Gasteiger partial charge in [0.2, 0.25) is 0 Å². The van der Waals surface area contributed by atoms with Crippen LogP contribution in [0.4, 0.5) is 10.5 Å². The van der Waals surface area contributed by atoms with Crippen molar-refractivity contribution in [1.29, 1.82) is 0 Å². The van der Waals surface area contributed by atoms with Crippen LogP contribution in [0.25, 0.3) is 0 Å². The second-order valence-electron chi connectivity index (χ2n) is 3.66. The molecule has 80 valence electrons. The Morgan fingerprint density at radius 2 is 2.40 bits per heavy atom. The van der Waals surface area contributed by atoms with Crippen LogP contribution >= 0.6 is 22.6 Å². The van der Waals surface area contributed by atoms with Gasteiger partial charge in [-0.3, -0.25) is 9.88 Å². The molecule has 1 saturated carbocycles. The summed E-state index contributed by atoms with van der Waals surface area (Å²) in [5.74, 6) is 0.539. The van der Waals surface area contributed by atoms with Crippen molar-refractivity contribution in [3.05, 3.63) is 22.0 Å². The highest BCUT2D eigenvalue weighted by Crippen LogP contribution is 2.32. The molecule has 0 spiro atoms. The molecule has 1 aliphatic rings. The predicted octanol–water partition coefficient (Wildman–Crippen LogP) is 2.58. The van der Waals surface area contributed by atoms with Crippen molar-refractivity contribution >= 4 is 34.4 Å². The summed E-state index contributed by atoms with van der Waals surface area (Å²) in [5, 5.41) is 9.12. The van der Waals surface area contributed by atoms with Gasteiger partial charge in [-0.05, 0) is 47.4 Å². The fraction of sp³-hybridized carbons (Fsp3) is 0.400. The van der Waals surface area contributed by atoms with Crippen LogP contribution < -0.4 is 4.90 Å². The van der Waals surface area contributed by atoms with Gasteiger partial charge in [-0.15, -0.1) is 0 Å². The summed E-state index contributed by atoms with van der Waals surface area (Å²) < 4.78 is 0.922. The number of rotatable bonds is 3. The lowest BCUT2D eigenvalue weighted by Crippen LogP contribution is -2.32. The Bertz CT molecular complexity index is 379. The largest absolute Gasteiger partial charge is 0.465 e. The van der Waals surface area contributed by atoms with Crippen molar-refractivity contribution in [1.82, 2.24) is 4.98 Å². The molecule has 1 heterocycles. The van der Waals surface area contributed by atoms with E-state index >= 15 is 0 Å². The molecular formula is C10H11IN2O2. The molecule has 1 amide bonds. The molecule has 0 saturated heterocycles. The van der Waals surface area contributed by atoms with E-state index in [1.54, 1.807) is 12.4 Å². The molecule has 0 unspecified atom stereocenters. The zero-order valence-electron chi connectivity index (χ0n) is 8.06. The quantitative estimate of drug-likeness (QED) is 0.872. The summed E-state index contributed by atoms with van der Waals surface area (Å²) in [4.78, 5) is 16.5. The van der Waals surface area contributed by atoms with Crippen molar-refractivity contribution in [2.24, 2.45) is 5.92 Å². The zero-order valence-corrected chi connectivity index (χ0v) is 10.2. The van der Waals surface area contributed by atoms with Crippen molar-refractivity contribution in [3.63, 3.8) is 0 Å². The Hall–Kier alpha value is -0.850.